The van der Waals surface area contributed by atoms with E-state index < -0.39 is 23.9 Å². The highest BCUT2D eigenvalue weighted by molar-refractivity contribution is 6.08. The van der Waals surface area contributed by atoms with E-state index in [2.05, 4.69) is 10.6 Å². The summed E-state index contributed by atoms with van der Waals surface area (Å²) in [6.07, 6.45) is 0.614. The van der Waals surface area contributed by atoms with Gasteiger partial charge in [-0.05, 0) is 17.9 Å². The molecular formula is C24H29N3O4. The fourth-order valence-electron chi connectivity index (χ4n) is 3.23. The number of carbonyl (C=O) groups is 4. The molecule has 3 amide bonds. The number of rotatable bonds is 10. The Labute approximate surface area is 182 Å². The first-order valence-electron chi connectivity index (χ1n) is 10.2. The number of ketones is 1. The SMILES string of the molecule is CC(=O)N[C@@H](CC(C)C)C(=O)N[C@H](Cc1ccc(C(=O)c2ccccc2)cc1)C(N)=O. The molecule has 2 rings (SSSR count). The third-order valence-electron chi connectivity index (χ3n) is 4.75. The van der Waals surface area contributed by atoms with E-state index in [1.807, 2.05) is 19.9 Å². The smallest absolute Gasteiger partial charge is 0.243 e. The summed E-state index contributed by atoms with van der Waals surface area (Å²) in [6, 6.07) is 14.1. The minimum absolute atomic E-state index is 0.0984. The first kappa shape index (κ1) is 23.8. The molecule has 0 aliphatic carbocycles. The van der Waals surface area contributed by atoms with Crippen LogP contribution < -0.4 is 16.4 Å². The molecular weight excluding hydrogens is 394 g/mol. The molecule has 0 bridgehead atoms. The number of carbonyl (C=O) groups excluding carboxylic acids is 4. The largest absolute Gasteiger partial charge is 0.368 e. The molecule has 2 aromatic carbocycles. The van der Waals surface area contributed by atoms with Crippen molar-refractivity contribution in [2.24, 2.45) is 11.7 Å². The Hall–Kier alpha value is -3.48. The monoisotopic (exact) mass is 423 g/mol. The van der Waals surface area contributed by atoms with Gasteiger partial charge in [0, 0.05) is 24.5 Å². The molecule has 7 nitrogen and oxygen atoms in total. The van der Waals surface area contributed by atoms with Crippen molar-refractivity contribution in [3.8, 4) is 0 Å². The van der Waals surface area contributed by atoms with Gasteiger partial charge in [-0.15, -0.1) is 0 Å². The van der Waals surface area contributed by atoms with E-state index in [9.17, 15) is 19.2 Å². The van der Waals surface area contributed by atoms with Crippen molar-refractivity contribution in [1.82, 2.24) is 10.6 Å². The van der Waals surface area contributed by atoms with Gasteiger partial charge in [-0.3, -0.25) is 19.2 Å². The number of primary amides is 1. The highest BCUT2D eigenvalue weighted by atomic mass is 16.2. The number of nitrogens with one attached hydrogen (secondary N) is 2. The molecule has 4 N–H and O–H groups in total. The van der Waals surface area contributed by atoms with Crippen LogP contribution in [0, 0.1) is 5.92 Å². The molecule has 0 saturated carbocycles. The molecule has 2 atom stereocenters. The Morgan fingerprint density at radius 3 is 1.94 bits per heavy atom. The number of hydrogen-bond donors (Lipinski definition) is 3. The lowest BCUT2D eigenvalue weighted by atomic mass is 9.98. The molecule has 0 aliphatic rings. The van der Waals surface area contributed by atoms with E-state index in [4.69, 9.17) is 5.73 Å². The van der Waals surface area contributed by atoms with E-state index in [0.717, 1.165) is 5.56 Å². The topological polar surface area (TPSA) is 118 Å². The van der Waals surface area contributed by atoms with Crippen LogP contribution in [0.5, 0.6) is 0 Å². The van der Waals surface area contributed by atoms with Crippen molar-refractivity contribution in [2.45, 2.75) is 45.7 Å². The second kappa shape index (κ2) is 11.1. The van der Waals surface area contributed by atoms with Crippen LogP contribution in [0.1, 0.15) is 48.7 Å². The summed E-state index contributed by atoms with van der Waals surface area (Å²) >= 11 is 0. The third kappa shape index (κ3) is 7.37. The summed E-state index contributed by atoms with van der Waals surface area (Å²) in [5.74, 6) is -1.38. The third-order valence-corrected chi connectivity index (χ3v) is 4.75. The zero-order valence-corrected chi connectivity index (χ0v) is 18.1. The Balaban J connectivity index is 2.08. The van der Waals surface area contributed by atoms with Crippen LogP contribution in [-0.2, 0) is 20.8 Å². The van der Waals surface area contributed by atoms with Crippen molar-refractivity contribution in [2.75, 3.05) is 0 Å². The highest BCUT2D eigenvalue weighted by Gasteiger charge is 2.26. The van der Waals surface area contributed by atoms with Crippen LogP contribution in [0.15, 0.2) is 54.6 Å². The zero-order chi connectivity index (χ0) is 23.0. The summed E-state index contributed by atoms with van der Waals surface area (Å²) < 4.78 is 0. The van der Waals surface area contributed by atoms with Crippen molar-refractivity contribution in [3.05, 3.63) is 71.3 Å². The molecule has 0 fully saturated rings. The van der Waals surface area contributed by atoms with E-state index in [-0.39, 0.29) is 24.0 Å². The van der Waals surface area contributed by atoms with Gasteiger partial charge < -0.3 is 16.4 Å². The fourth-order valence-corrected chi connectivity index (χ4v) is 3.23. The summed E-state index contributed by atoms with van der Waals surface area (Å²) in [7, 11) is 0. The van der Waals surface area contributed by atoms with E-state index in [1.165, 1.54) is 6.92 Å². The standard InChI is InChI=1S/C24H29N3O4/c1-15(2)13-21(26-16(3)28)24(31)27-20(23(25)30)14-17-9-11-19(12-10-17)22(29)18-7-5-4-6-8-18/h4-12,15,20-21H,13-14H2,1-3H3,(H2,25,30)(H,26,28)(H,27,31)/t20-,21+/m1/s1. The zero-order valence-electron chi connectivity index (χ0n) is 18.1. The van der Waals surface area contributed by atoms with Crippen molar-refractivity contribution < 1.29 is 19.2 Å². The van der Waals surface area contributed by atoms with Gasteiger partial charge in [0.05, 0.1) is 0 Å². The summed E-state index contributed by atoms with van der Waals surface area (Å²) in [6.45, 7) is 5.21. The number of nitrogens with two attached hydrogens (primary N) is 1. The predicted octanol–water partition coefficient (Wildman–Crippen LogP) is 1.98. The van der Waals surface area contributed by atoms with Gasteiger partial charge in [-0.1, -0.05) is 68.4 Å². The molecule has 31 heavy (non-hydrogen) atoms. The van der Waals surface area contributed by atoms with Crippen LogP contribution in [0.25, 0.3) is 0 Å². The molecule has 0 radical (unpaired) electrons. The Morgan fingerprint density at radius 2 is 1.42 bits per heavy atom. The van der Waals surface area contributed by atoms with E-state index in [1.54, 1.807) is 48.5 Å². The molecule has 2 aromatic rings. The van der Waals surface area contributed by atoms with Crippen LogP contribution in [0.2, 0.25) is 0 Å². The molecule has 0 aliphatic heterocycles. The maximum atomic E-state index is 12.6. The van der Waals surface area contributed by atoms with Gasteiger partial charge in [0.25, 0.3) is 0 Å². The average Bonchev–Trinajstić information content (AvgIpc) is 2.72. The Bertz CT molecular complexity index is 924. The molecule has 0 unspecified atom stereocenters. The second-order valence-electron chi connectivity index (χ2n) is 7.94. The fraction of sp³-hybridized carbons (Fsp3) is 0.333. The maximum absolute atomic E-state index is 12.6. The van der Waals surface area contributed by atoms with E-state index in [0.29, 0.717) is 17.5 Å². The lowest BCUT2D eigenvalue weighted by Crippen LogP contribution is -2.53. The quantitative estimate of drug-likeness (QED) is 0.506. The minimum Gasteiger partial charge on any atom is -0.368 e. The summed E-state index contributed by atoms with van der Waals surface area (Å²) in [5, 5.41) is 5.26. The van der Waals surface area contributed by atoms with Gasteiger partial charge in [0.1, 0.15) is 12.1 Å². The van der Waals surface area contributed by atoms with Gasteiger partial charge in [-0.2, -0.15) is 0 Å². The van der Waals surface area contributed by atoms with Crippen molar-refractivity contribution in [3.63, 3.8) is 0 Å². The van der Waals surface area contributed by atoms with Crippen LogP contribution in [0.3, 0.4) is 0 Å². The molecule has 0 heterocycles. The predicted molar refractivity (Wildman–Crippen MR) is 118 cm³/mol. The number of benzene rings is 2. The summed E-state index contributed by atoms with van der Waals surface area (Å²) in [5.41, 5.74) is 7.35. The lowest BCUT2D eigenvalue weighted by Gasteiger charge is -2.22. The molecule has 7 heteroatoms. The van der Waals surface area contributed by atoms with E-state index >= 15 is 0 Å². The van der Waals surface area contributed by atoms with Gasteiger partial charge in [0.15, 0.2) is 5.78 Å². The minimum atomic E-state index is -0.938. The molecule has 0 saturated heterocycles. The normalized spacial score (nSPS) is 12.6. The summed E-state index contributed by atoms with van der Waals surface area (Å²) in [4.78, 5) is 48.5. The van der Waals surface area contributed by atoms with Crippen LogP contribution in [0.4, 0.5) is 0 Å². The number of hydrogen-bond acceptors (Lipinski definition) is 4. The Morgan fingerprint density at radius 1 is 0.839 bits per heavy atom. The van der Waals surface area contributed by atoms with Gasteiger partial charge in [-0.25, -0.2) is 0 Å². The second-order valence-corrected chi connectivity index (χ2v) is 7.94. The maximum Gasteiger partial charge on any atom is 0.243 e. The lowest BCUT2D eigenvalue weighted by molar-refractivity contribution is -0.131. The first-order chi connectivity index (χ1) is 14.7. The number of amides is 3. The molecule has 0 spiro atoms. The molecule has 0 aromatic heterocycles. The van der Waals surface area contributed by atoms with Crippen molar-refractivity contribution >= 4 is 23.5 Å². The van der Waals surface area contributed by atoms with Gasteiger partial charge in [0.2, 0.25) is 17.7 Å². The first-order valence-corrected chi connectivity index (χ1v) is 10.2. The average molecular weight is 424 g/mol. The van der Waals surface area contributed by atoms with Crippen LogP contribution >= 0.6 is 0 Å². The Kier molecular flexibility index (Phi) is 8.49. The van der Waals surface area contributed by atoms with Gasteiger partial charge >= 0.3 is 0 Å². The van der Waals surface area contributed by atoms with Crippen molar-refractivity contribution in [1.29, 1.82) is 0 Å². The molecule has 164 valence electrons. The van der Waals surface area contributed by atoms with Crippen LogP contribution in [-0.4, -0.2) is 35.6 Å². The highest BCUT2D eigenvalue weighted by Crippen LogP contribution is 2.13.